The van der Waals surface area contributed by atoms with Crippen molar-refractivity contribution < 1.29 is 9.53 Å². The molecule has 2 heterocycles. The van der Waals surface area contributed by atoms with Gasteiger partial charge in [-0.15, -0.1) is 0 Å². The molecule has 0 aromatic carbocycles. The van der Waals surface area contributed by atoms with E-state index in [-0.39, 0.29) is 0 Å². The Morgan fingerprint density at radius 3 is 2.82 bits per heavy atom. The molecule has 2 aliphatic heterocycles. The SMILES string of the molecule is C[C@H](CC(=O)N1CCOCC1)[C@H]1CCCCN1. The van der Waals surface area contributed by atoms with Gasteiger partial charge < -0.3 is 15.0 Å². The van der Waals surface area contributed by atoms with E-state index in [2.05, 4.69) is 12.2 Å². The number of hydrogen-bond acceptors (Lipinski definition) is 3. The molecule has 0 radical (unpaired) electrons. The topological polar surface area (TPSA) is 41.6 Å². The average Bonchev–Trinajstić information content (AvgIpc) is 2.40. The van der Waals surface area contributed by atoms with Gasteiger partial charge in [0.05, 0.1) is 13.2 Å². The lowest BCUT2D eigenvalue weighted by Crippen LogP contribution is -2.44. The van der Waals surface area contributed by atoms with Crippen LogP contribution >= 0.6 is 0 Å². The predicted octanol–water partition coefficient (Wildman–Crippen LogP) is 1.01. The first-order valence-electron chi connectivity index (χ1n) is 6.86. The molecule has 2 saturated heterocycles. The third kappa shape index (κ3) is 3.68. The summed E-state index contributed by atoms with van der Waals surface area (Å²) in [5.41, 5.74) is 0. The maximum atomic E-state index is 12.1. The minimum atomic E-state index is 0.299. The monoisotopic (exact) mass is 240 g/mol. The van der Waals surface area contributed by atoms with Crippen LogP contribution in [-0.4, -0.2) is 49.7 Å². The number of nitrogens with one attached hydrogen (secondary N) is 1. The third-order valence-electron chi connectivity index (χ3n) is 3.90. The Morgan fingerprint density at radius 1 is 1.41 bits per heavy atom. The van der Waals surface area contributed by atoms with Crippen LogP contribution in [0.15, 0.2) is 0 Å². The smallest absolute Gasteiger partial charge is 0.223 e. The van der Waals surface area contributed by atoms with Crippen LogP contribution in [0, 0.1) is 5.92 Å². The number of carbonyl (C=O) groups is 1. The first-order chi connectivity index (χ1) is 8.27. The van der Waals surface area contributed by atoms with Crippen molar-refractivity contribution in [2.45, 2.75) is 38.6 Å². The molecule has 0 spiro atoms. The van der Waals surface area contributed by atoms with E-state index in [9.17, 15) is 4.79 Å². The molecule has 4 heteroatoms. The molecule has 2 fully saturated rings. The summed E-state index contributed by atoms with van der Waals surface area (Å²) in [5.74, 6) is 0.749. The van der Waals surface area contributed by atoms with E-state index in [1.807, 2.05) is 4.90 Å². The van der Waals surface area contributed by atoms with Gasteiger partial charge in [0.15, 0.2) is 0 Å². The summed E-state index contributed by atoms with van der Waals surface area (Å²) < 4.78 is 5.26. The maximum absolute atomic E-state index is 12.1. The molecule has 0 aliphatic carbocycles. The van der Waals surface area contributed by atoms with E-state index in [4.69, 9.17) is 4.74 Å². The zero-order valence-corrected chi connectivity index (χ0v) is 10.8. The van der Waals surface area contributed by atoms with Crippen LogP contribution in [-0.2, 0) is 9.53 Å². The Labute approximate surface area is 104 Å². The van der Waals surface area contributed by atoms with E-state index in [1.165, 1.54) is 19.3 Å². The van der Waals surface area contributed by atoms with Crippen LogP contribution in [0.2, 0.25) is 0 Å². The molecular weight excluding hydrogens is 216 g/mol. The molecule has 0 unspecified atom stereocenters. The molecule has 0 saturated carbocycles. The van der Waals surface area contributed by atoms with Gasteiger partial charge in [0, 0.05) is 25.6 Å². The molecule has 2 atom stereocenters. The number of rotatable bonds is 3. The summed E-state index contributed by atoms with van der Waals surface area (Å²) in [7, 11) is 0. The zero-order valence-electron chi connectivity index (χ0n) is 10.8. The van der Waals surface area contributed by atoms with Crippen LogP contribution in [0.25, 0.3) is 0 Å². The van der Waals surface area contributed by atoms with E-state index < -0.39 is 0 Å². The highest BCUT2D eigenvalue weighted by Gasteiger charge is 2.24. The Kier molecular flexibility index (Phi) is 4.80. The van der Waals surface area contributed by atoms with Crippen molar-refractivity contribution in [2.75, 3.05) is 32.8 Å². The Hall–Kier alpha value is -0.610. The zero-order chi connectivity index (χ0) is 12.1. The highest BCUT2D eigenvalue weighted by molar-refractivity contribution is 5.76. The van der Waals surface area contributed by atoms with Gasteiger partial charge in [0.1, 0.15) is 0 Å². The second-order valence-corrected chi connectivity index (χ2v) is 5.23. The van der Waals surface area contributed by atoms with Crippen molar-refractivity contribution in [2.24, 2.45) is 5.92 Å². The van der Waals surface area contributed by atoms with Gasteiger partial charge in [0.2, 0.25) is 5.91 Å². The summed E-state index contributed by atoms with van der Waals surface area (Å²) in [6, 6.07) is 0.536. The molecule has 1 N–H and O–H groups in total. The molecule has 0 aromatic rings. The summed E-state index contributed by atoms with van der Waals surface area (Å²) >= 11 is 0. The van der Waals surface area contributed by atoms with E-state index in [0.717, 1.165) is 19.6 Å². The summed E-state index contributed by atoms with van der Waals surface area (Å²) in [6.45, 7) is 6.24. The standard InChI is InChI=1S/C13H24N2O2/c1-11(12-4-2-3-5-14-12)10-13(16)15-6-8-17-9-7-15/h11-12,14H,2-10H2,1H3/t11-,12-/m1/s1. The molecular formula is C13H24N2O2. The Morgan fingerprint density at radius 2 is 2.18 bits per heavy atom. The second-order valence-electron chi connectivity index (χ2n) is 5.23. The van der Waals surface area contributed by atoms with Crippen LogP contribution < -0.4 is 5.32 Å². The highest BCUT2D eigenvalue weighted by Crippen LogP contribution is 2.19. The van der Waals surface area contributed by atoms with Crippen LogP contribution in [0.3, 0.4) is 0 Å². The highest BCUT2D eigenvalue weighted by atomic mass is 16.5. The lowest BCUT2D eigenvalue weighted by atomic mass is 9.91. The largest absolute Gasteiger partial charge is 0.378 e. The molecule has 17 heavy (non-hydrogen) atoms. The summed E-state index contributed by atoms with van der Waals surface area (Å²) in [4.78, 5) is 14.0. The van der Waals surface area contributed by atoms with E-state index in [0.29, 0.717) is 37.5 Å². The van der Waals surface area contributed by atoms with Crippen molar-refractivity contribution in [3.05, 3.63) is 0 Å². The van der Waals surface area contributed by atoms with Crippen molar-refractivity contribution in [1.82, 2.24) is 10.2 Å². The van der Waals surface area contributed by atoms with E-state index in [1.54, 1.807) is 0 Å². The lowest BCUT2D eigenvalue weighted by Gasteiger charge is -2.32. The number of carbonyl (C=O) groups excluding carboxylic acids is 1. The van der Waals surface area contributed by atoms with E-state index >= 15 is 0 Å². The Balaban J connectivity index is 1.76. The Bertz CT molecular complexity index is 246. The quantitative estimate of drug-likeness (QED) is 0.800. The summed E-state index contributed by atoms with van der Waals surface area (Å²) in [5, 5.41) is 3.53. The lowest BCUT2D eigenvalue weighted by molar-refractivity contribution is -0.136. The van der Waals surface area contributed by atoms with Crippen LogP contribution in [0.5, 0.6) is 0 Å². The van der Waals surface area contributed by atoms with Gasteiger partial charge in [-0.1, -0.05) is 13.3 Å². The minimum absolute atomic E-state index is 0.299. The number of piperidine rings is 1. The minimum Gasteiger partial charge on any atom is -0.378 e. The summed E-state index contributed by atoms with van der Waals surface area (Å²) in [6.07, 6.45) is 4.48. The number of hydrogen-bond donors (Lipinski definition) is 1. The normalized spacial score (nSPS) is 27.8. The molecule has 0 bridgehead atoms. The molecule has 2 aliphatic rings. The van der Waals surface area contributed by atoms with Crippen molar-refractivity contribution in [3.63, 3.8) is 0 Å². The molecule has 98 valence electrons. The van der Waals surface area contributed by atoms with Crippen LogP contribution in [0.4, 0.5) is 0 Å². The van der Waals surface area contributed by atoms with Crippen LogP contribution in [0.1, 0.15) is 32.6 Å². The van der Waals surface area contributed by atoms with Crippen molar-refractivity contribution in [1.29, 1.82) is 0 Å². The van der Waals surface area contributed by atoms with Gasteiger partial charge in [-0.25, -0.2) is 0 Å². The number of nitrogens with zero attached hydrogens (tertiary/aromatic N) is 1. The van der Waals surface area contributed by atoms with Crippen molar-refractivity contribution >= 4 is 5.91 Å². The van der Waals surface area contributed by atoms with Gasteiger partial charge in [-0.2, -0.15) is 0 Å². The fraction of sp³-hybridized carbons (Fsp3) is 0.923. The first kappa shape index (κ1) is 12.8. The predicted molar refractivity (Wildman–Crippen MR) is 66.8 cm³/mol. The number of amides is 1. The molecule has 1 amide bonds. The average molecular weight is 240 g/mol. The molecule has 4 nitrogen and oxygen atoms in total. The van der Waals surface area contributed by atoms with Gasteiger partial charge in [0.25, 0.3) is 0 Å². The van der Waals surface area contributed by atoms with Gasteiger partial charge in [-0.05, 0) is 25.3 Å². The molecule has 2 rings (SSSR count). The van der Waals surface area contributed by atoms with Gasteiger partial charge in [-0.3, -0.25) is 4.79 Å². The van der Waals surface area contributed by atoms with Gasteiger partial charge >= 0.3 is 0 Å². The number of ether oxygens (including phenoxy) is 1. The third-order valence-corrected chi connectivity index (χ3v) is 3.90. The second kappa shape index (κ2) is 6.36. The fourth-order valence-corrected chi connectivity index (χ4v) is 2.72. The first-order valence-corrected chi connectivity index (χ1v) is 6.86. The number of morpholine rings is 1. The van der Waals surface area contributed by atoms with Crippen molar-refractivity contribution in [3.8, 4) is 0 Å². The molecule has 0 aromatic heterocycles. The maximum Gasteiger partial charge on any atom is 0.223 e. The fourth-order valence-electron chi connectivity index (χ4n) is 2.72.